The van der Waals surface area contributed by atoms with E-state index in [-0.39, 0.29) is 16.5 Å². The molecule has 0 aliphatic carbocycles. The fourth-order valence-electron chi connectivity index (χ4n) is 1.53. The zero-order valence-corrected chi connectivity index (χ0v) is 9.70. The lowest BCUT2D eigenvalue weighted by molar-refractivity contribution is 0.1000. The Morgan fingerprint density at radius 2 is 2.00 bits per heavy atom. The number of halogens is 2. The minimum absolute atomic E-state index is 0.126. The number of nitrogens with two attached hydrogens (primary N) is 1. The van der Waals surface area contributed by atoms with Crippen LogP contribution >= 0.6 is 11.6 Å². The summed E-state index contributed by atoms with van der Waals surface area (Å²) in [5.41, 5.74) is 6.37. The van der Waals surface area contributed by atoms with Crippen molar-refractivity contribution in [2.24, 2.45) is 5.73 Å². The molecule has 0 atom stereocenters. The van der Waals surface area contributed by atoms with Crippen LogP contribution in [0.1, 0.15) is 16.1 Å². The summed E-state index contributed by atoms with van der Waals surface area (Å²) in [5.74, 6) is -0.996. The highest BCUT2D eigenvalue weighted by Gasteiger charge is 2.18. The first-order chi connectivity index (χ1) is 8.00. The lowest BCUT2D eigenvalue weighted by Gasteiger charge is -2.02. The summed E-state index contributed by atoms with van der Waals surface area (Å²) in [6, 6.07) is 5.59. The third kappa shape index (κ3) is 2.01. The topological polar surface area (TPSA) is 60.9 Å². The number of aryl methyl sites for hydroxylation is 1. The lowest BCUT2D eigenvalue weighted by atomic mass is 10.2. The van der Waals surface area contributed by atoms with Gasteiger partial charge in [-0.2, -0.15) is 5.10 Å². The number of hydrogen-bond donors (Lipinski definition) is 1. The van der Waals surface area contributed by atoms with Crippen LogP contribution in [0.2, 0.25) is 5.15 Å². The van der Waals surface area contributed by atoms with Gasteiger partial charge in [0.05, 0.1) is 16.9 Å². The Morgan fingerprint density at radius 3 is 2.47 bits per heavy atom. The normalized spacial score (nSPS) is 10.5. The minimum Gasteiger partial charge on any atom is -0.365 e. The van der Waals surface area contributed by atoms with Crippen LogP contribution in [0.3, 0.4) is 0 Å². The largest absolute Gasteiger partial charge is 0.365 e. The lowest BCUT2D eigenvalue weighted by Crippen LogP contribution is -2.12. The standard InChI is InChI=1S/C11H9ClFN3O/c1-6-9(11(14)17)10(12)16(15-6)8-4-2-7(13)3-5-8/h2-5H,1H3,(H2,14,17). The highest BCUT2D eigenvalue weighted by atomic mass is 35.5. The van der Waals surface area contributed by atoms with Gasteiger partial charge in [-0.15, -0.1) is 0 Å². The molecule has 1 amide bonds. The van der Waals surface area contributed by atoms with E-state index in [0.717, 1.165) is 0 Å². The number of carbonyl (C=O) groups excluding carboxylic acids is 1. The average Bonchev–Trinajstić information content (AvgIpc) is 2.55. The van der Waals surface area contributed by atoms with Crippen molar-refractivity contribution in [2.45, 2.75) is 6.92 Å². The molecule has 0 radical (unpaired) electrons. The van der Waals surface area contributed by atoms with Crippen molar-refractivity contribution in [3.8, 4) is 5.69 Å². The molecule has 2 N–H and O–H groups in total. The molecule has 0 fully saturated rings. The number of carbonyl (C=O) groups is 1. The van der Waals surface area contributed by atoms with Crippen LogP contribution in [0, 0.1) is 12.7 Å². The Labute approximate surface area is 102 Å². The van der Waals surface area contributed by atoms with Crippen molar-refractivity contribution in [1.82, 2.24) is 9.78 Å². The molecule has 4 nitrogen and oxygen atoms in total. The Bertz CT molecular complexity index is 577. The summed E-state index contributed by atoms with van der Waals surface area (Å²) >= 11 is 6.00. The second-order valence-electron chi connectivity index (χ2n) is 3.50. The van der Waals surface area contributed by atoms with Gasteiger partial charge in [0.15, 0.2) is 0 Å². The number of benzene rings is 1. The average molecular weight is 254 g/mol. The molecule has 0 saturated heterocycles. The molecule has 0 spiro atoms. The van der Waals surface area contributed by atoms with Gasteiger partial charge in [0.2, 0.25) is 0 Å². The maximum atomic E-state index is 12.8. The first-order valence-corrected chi connectivity index (χ1v) is 5.19. The van der Waals surface area contributed by atoms with Gasteiger partial charge in [0.25, 0.3) is 5.91 Å². The predicted molar refractivity (Wildman–Crippen MR) is 61.8 cm³/mol. The van der Waals surface area contributed by atoms with Gasteiger partial charge in [-0.1, -0.05) is 11.6 Å². The molecule has 0 aliphatic rings. The smallest absolute Gasteiger partial charge is 0.253 e. The monoisotopic (exact) mass is 253 g/mol. The molecule has 0 saturated carbocycles. The van der Waals surface area contributed by atoms with Crippen molar-refractivity contribution >= 4 is 17.5 Å². The van der Waals surface area contributed by atoms with E-state index in [1.165, 1.54) is 28.9 Å². The zero-order chi connectivity index (χ0) is 12.6. The Hall–Kier alpha value is -1.88. The quantitative estimate of drug-likeness (QED) is 0.891. The molecular formula is C11H9ClFN3O. The van der Waals surface area contributed by atoms with Gasteiger partial charge in [0, 0.05) is 0 Å². The van der Waals surface area contributed by atoms with Crippen LogP contribution in [0.15, 0.2) is 24.3 Å². The summed E-state index contributed by atoms with van der Waals surface area (Å²) in [6.07, 6.45) is 0. The molecule has 17 heavy (non-hydrogen) atoms. The molecule has 2 aromatic rings. The van der Waals surface area contributed by atoms with Crippen molar-refractivity contribution in [3.63, 3.8) is 0 Å². The first-order valence-electron chi connectivity index (χ1n) is 4.81. The maximum absolute atomic E-state index is 12.8. The third-order valence-corrected chi connectivity index (χ3v) is 2.67. The number of rotatable bonds is 2. The molecule has 2 rings (SSSR count). The molecule has 0 bridgehead atoms. The van der Waals surface area contributed by atoms with E-state index in [9.17, 15) is 9.18 Å². The molecule has 1 heterocycles. The summed E-state index contributed by atoms with van der Waals surface area (Å²) in [5, 5.41) is 4.22. The molecular weight excluding hydrogens is 245 g/mol. The number of aromatic nitrogens is 2. The number of hydrogen-bond acceptors (Lipinski definition) is 2. The highest BCUT2D eigenvalue weighted by molar-refractivity contribution is 6.33. The van der Waals surface area contributed by atoms with Crippen molar-refractivity contribution in [3.05, 3.63) is 46.5 Å². The molecule has 88 valence electrons. The SMILES string of the molecule is Cc1nn(-c2ccc(F)cc2)c(Cl)c1C(N)=O. The summed E-state index contributed by atoms with van der Waals surface area (Å²) in [7, 11) is 0. The number of nitrogens with zero attached hydrogens (tertiary/aromatic N) is 2. The van der Waals surface area contributed by atoms with Gasteiger partial charge in [0.1, 0.15) is 11.0 Å². The fourth-order valence-corrected chi connectivity index (χ4v) is 1.90. The van der Waals surface area contributed by atoms with Crippen molar-refractivity contribution in [1.29, 1.82) is 0 Å². The van der Waals surface area contributed by atoms with E-state index in [1.54, 1.807) is 6.92 Å². The van der Waals surface area contributed by atoms with E-state index in [4.69, 9.17) is 17.3 Å². The van der Waals surface area contributed by atoms with Crippen LogP contribution in [0.4, 0.5) is 4.39 Å². The van der Waals surface area contributed by atoms with Crippen LogP contribution in [-0.2, 0) is 0 Å². The van der Waals surface area contributed by atoms with Gasteiger partial charge in [-0.05, 0) is 31.2 Å². The predicted octanol–water partition coefficient (Wildman–Crippen LogP) is 2.07. The van der Waals surface area contributed by atoms with E-state index in [0.29, 0.717) is 11.4 Å². The minimum atomic E-state index is -0.638. The van der Waals surface area contributed by atoms with Gasteiger partial charge < -0.3 is 5.73 Å². The maximum Gasteiger partial charge on any atom is 0.253 e. The summed E-state index contributed by atoms with van der Waals surface area (Å²) < 4.78 is 14.1. The van der Waals surface area contributed by atoms with Gasteiger partial charge >= 0.3 is 0 Å². The molecule has 1 aromatic carbocycles. The van der Waals surface area contributed by atoms with Gasteiger partial charge in [-0.25, -0.2) is 9.07 Å². The van der Waals surface area contributed by atoms with Crippen molar-refractivity contribution in [2.75, 3.05) is 0 Å². The Balaban J connectivity index is 2.57. The molecule has 1 aromatic heterocycles. The molecule has 6 heteroatoms. The summed E-state index contributed by atoms with van der Waals surface area (Å²) in [4.78, 5) is 11.2. The van der Waals surface area contributed by atoms with E-state index < -0.39 is 5.91 Å². The fraction of sp³-hybridized carbons (Fsp3) is 0.0909. The Kier molecular flexibility index (Phi) is 2.85. The van der Waals surface area contributed by atoms with E-state index >= 15 is 0 Å². The second kappa shape index (κ2) is 4.18. The zero-order valence-electron chi connectivity index (χ0n) is 8.95. The second-order valence-corrected chi connectivity index (χ2v) is 3.86. The van der Waals surface area contributed by atoms with Crippen LogP contribution in [0.5, 0.6) is 0 Å². The highest BCUT2D eigenvalue weighted by Crippen LogP contribution is 2.23. The number of primary amides is 1. The molecule has 0 unspecified atom stereocenters. The third-order valence-electron chi connectivity index (χ3n) is 2.32. The van der Waals surface area contributed by atoms with Crippen LogP contribution in [-0.4, -0.2) is 15.7 Å². The van der Waals surface area contributed by atoms with Gasteiger partial charge in [-0.3, -0.25) is 4.79 Å². The van der Waals surface area contributed by atoms with E-state index in [1.807, 2.05) is 0 Å². The first kappa shape index (κ1) is 11.6. The van der Waals surface area contributed by atoms with Crippen molar-refractivity contribution < 1.29 is 9.18 Å². The van der Waals surface area contributed by atoms with E-state index in [2.05, 4.69) is 5.10 Å². The molecule has 0 aliphatic heterocycles. The number of amides is 1. The van der Waals surface area contributed by atoms with Crippen LogP contribution < -0.4 is 5.73 Å². The Morgan fingerprint density at radius 1 is 1.41 bits per heavy atom. The van der Waals surface area contributed by atoms with Crippen LogP contribution in [0.25, 0.3) is 5.69 Å². The summed E-state index contributed by atoms with van der Waals surface area (Å²) in [6.45, 7) is 1.63.